The molecule has 0 aliphatic rings. The number of aliphatic hydroxyl groups excluding tert-OH is 1. The molecule has 0 fully saturated rings. The minimum absolute atomic E-state index is 0.115. The fourth-order valence-electron chi connectivity index (χ4n) is 3.40. The lowest BCUT2D eigenvalue weighted by Gasteiger charge is -2.13. The zero-order valence-corrected chi connectivity index (χ0v) is 16.1. The summed E-state index contributed by atoms with van der Waals surface area (Å²) in [6.07, 6.45) is 1.93. The first-order chi connectivity index (χ1) is 14.6. The highest BCUT2D eigenvalue weighted by Crippen LogP contribution is 2.33. The SMILES string of the molecule is NCc1cc(-c2cc(COc3ccc(F)cc3CCO)cc3cc(F)oc23)ccn1. The smallest absolute Gasteiger partial charge is 0.278 e. The van der Waals surface area contributed by atoms with Gasteiger partial charge < -0.3 is 20.0 Å². The Hall–Kier alpha value is -3.29. The van der Waals surface area contributed by atoms with Gasteiger partial charge in [-0.1, -0.05) is 0 Å². The fourth-order valence-corrected chi connectivity index (χ4v) is 3.40. The molecule has 2 heterocycles. The van der Waals surface area contributed by atoms with Crippen LogP contribution in [0, 0.1) is 11.8 Å². The molecular formula is C23H20F2N2O3. The molecule has 0 unspecified atom stereocenters. The summed E-state index contributed by atoms with van der Waals surface area (Å²) < 4.78 is 38.5. The molecule has 4 rings (SSSR count). The van der Waals surface area contributed by atoms with Crippen LogP contribution in [0.4, 0.5) is 8.78 Å². The largest absolute Gasteiger partial charge is 0.489 e. The molecule has 154 valence electrons. The van der Waals surface area contributed by atoms with Crippen LogP contribution in [0.25, 0.3) is 22.1 Å². The number of nitrogens with zero attached hydrogens (tertiary/aromatic N) is 1. The van der Waals surface area contributed by atoms with Crippen molar-refractivity contribution in [2.24, 2.45) is 5.73 Å². The van der Waals surface area contributed by atoms with Gasteiger partial charge in [-0.25, -0.2) is 4.39 Å². The average Bonchev–Trinajstić information content (AvgIpc) is 3.13. The van der Waals surface area contributed by atoms with Gasteiger partial charge in [-0.15, -0.1) is 0 Å². The van der Waals surface area contributed by atoms with E-state index in [1.807, 2.05) is 12.1 Å². The molecule has 5 nitrogen and oxygen atoms in total. The Kier molecular flexibility index (Phi) is 5.74. The number of pyridine rings is 1. The lowest BCUT2D eigenvalue weighted by atomic mass is 10.0. The first-order valence-corrected chi connectivity index (χ1v) is 9.47. The first kappa shape index (κ1) is 20.0. The van der Waals surface area contributed by atoms with E-state index in [9.17, 15) is 13.9 Å². The van der Waals surface area contributed by atoms with Gasteiger partial charge in [-0.2, -0.15) is 4.39 Å². The van der Waals surface area contributed by atoms with Crippen molar-refractivity contribution in [3.8, 4) is 16.9 Å². The van der Waals surface area contributed by atoms with Crippen LogP contribution in [0.3, 0.4) is 0 Å². The summed E-state index contributed by atoms with van der Waals surface area (Å²) in [5, 5.41) is 9.81. The number of halogens is 2. The molecule has 0 aliphatic heterocycles. The number of aliphatic hydroxyl groups is 1. The lowest BCUT2D eigenvalue weighted by molar-refractivity contribution is 0.283. The highest BCUT2D eigenvalue weighted by atomic mass is 19.1. The van der Waals surface area contributed by atoms with Crippen molar-refractivity contribution in [2.75, 3.05) is 6.61 Å². The van der Waals surface area contributed by atoms with Gasteiger partial charge in [0.1, 0.15) is 23.8 Å². The summed E-state index contributed by atoms with van der Waals surface area (Å²) in [6.45, 7) is 0.342. The topological polar surface area (TPSA) is 81.5 Å². The summed E-state index contributed by atoms with van der Waals surface area (Å²) >= 11 is 0. The molecule has 0 saturated carbocycles. The second-order valence-corrected chi connectivity index (χ2v) is 6.87. The van der Waals surface area contributed by atoms with Crippen LogP contribution in [0.2, 0.25) is 0 Å². The van der Waals surface area contributed by atoms with Crippen LogP contribution in [0.5, 0.6) is 5.75 Å². The minimum atomic E-state index is -0.679. The Morgan fingerprint density at radius 2 is 1.93 bits per heavy atom. The van der Waals surface area contributed by atoms with E-state index in [1.165, 1.54) is 24.3 Å². The second-order valence-electron chi connectivity index (χ2n) is 6.87. The van der Waals surface area contributed by atoms with Gasteiger partial charge in [0.15, 0.2) is 0 Å². The van der Waals surface area contributed by atoms with Gasteiger partial charge >= 0.3 is 0 Å². The number of benzene rings is 2. The molecule has 4 aromatic rings. The van der Waals surface area contributed by atoms with E-state index in [0.717, 1.165) is 11.1 Å². The number of ether oxygens (including phenoxy) is 1. The summed E-state index contributed by atoms with van der Waals surface area (Å²) in [5.41, 5.74) is 9.68. The van der Waals surface area contributed by atoms with Crippen LogP contribution in [0.15, 0.2) is 59.1 Å². The van der Waals surface area contributed by atoms with Crippen molar-refractivity contribution in [1.82, 2.24) is 4.98 Å². The van der Waals surface area contributed by atoms with E-state index < -0.39 is 11.8 Å². The van der Waals surface area contributed by atoms with Crippen LogP contribution in [0.1, 0.15) is 16.8 Å². The third kappa shape index (κ3) is 4.17. The molecule has 30 heavy (non-hydrogen) atoms. The van der Waals surface area contributed by atoms with Crippen molar-refractivity contribution >= 4 is 11.0 Å². The summed E-state index contributed by atoms with van der Waals surface area (Å²) in [5.74, 6) is 0.0940. The number of furan rings is 1. The van der Waals surface area contributed by atoms with Crippen molar-refractivity contribution in [2.45, 2.75) is 19.6 Å². The summed E-state index contributed by atoms with van der Waals surface area (Å²) in [6, 6.07) is 12.1. The van der Waals surface area contributed by atoms with E-state index in [-0.39, 0.29) is 26.2 Å². The molecule has 2 aromatic heterocycles. The molecule has 0 atom stereocenters. The fraction of sp³-hybridized carbons (Fsp3) is 0.174. The van der Waals surface area contributed by atoms with Gasteiger partial charge in [0.25, 0.3) is 6.01 Å². The number of rotatable bonds is 7. The monoisotopic (exact) mass is 410 g/mol. The Labute approximate surface area is 171 Å². The number of hydrogen-bond donors (Lipinski definition) is 2. The predicted octanol–water partition coefficient (Wildman–Crippen LogP) is 4.35. The Bertz CT molecular complexity index is 1190. The molecular weight excluding hydrogens is 390 g/mol. The van der Waals surface area contributed by atoms with Gasteiger partial charge in [-0.3, -0.25) is 4.98 Å². The summed E-state index contributed by atoms with van der Waals surface area (Å²) in [4.78, 5) is 4.20. The van der Waals surface area contributed by atoms with Gasteiger partial charge in [0, 0.05) is 36.4 Å². The highest BCUT2D eigenvalue weighted by Gasteiger charge is 2.14. The number of hydrogen-bond acceptors (Lipinski definition) is 5. The van der Waals surface area contributed by atoms with Crippen molar-refractivity contribution in [3.63, 3.8) is 0 Å². The molecule has 0 aliphatic carbocycles. The van der Waals surface area contributed by atoms with Gasteiger partial charge in [-0.05, 0) is 65.6 Å². The van der Waals surface area contributed by atoms with Crippen LogP contribution >= 0.6 is 0 Å². The number of fused-ring (bicyclic) bond motifs is 1. The predicted molar refractivity (Wildman–Crippen MR) is 109 cm³/mol. The Balaban J connectivity index is 1.70. The average molecular weight is 410 g/mol. The maximum absolute atomic E-state index is 13.8. The standard InChI is InChI=1S/C23H20F2N2O3/c24-18-1-2-21(16(9-18)4-6-28)29-13-14-7-17-11-22(25)30-23(17)20(8-14)15-3-5-27-19(10-15)12-26/h1-3,5,7-11,28H,4,6,12-13,26H2. The molecule has 3 N–H and O–H groups in total. The Morgan fingerprint density at radius 3 is 2.73 bits per heavy atom. The molecule has 0 bridgehead atoms. The zero-order valence-electron chi connectivity index (χ0n) is 16.1. The van der Waals surface area contributed by atoms with E-state index in [2.05, 4.69) is 4.98 Å². The van der Waals surface area contributed by atoms with E-state index in [1.54, 1.807) is 18.3 Å². The second kappa shape index (κ2) is 8.61. The molecule has 0 amide bonds. The van der Waals surface area contributed by atoms with Crippen molar-refractivity contribution in [3.05, 3.63) is 83.4 Å². The van der Waals surface area contributed by atoms with Crippen LogP contribution < -0.4 is 10.5 Å². The van der Waals surface area contributed by atoms with Crippen molar-refractivity contribution in [1.29, 1.82) is 0 Å². The number of nitrogens with two attached hydrogens (primary N) is 1. The van der Waals surface area contributed by atoms with Gasteiger partial charge in [0.2, 0.25) is 0 Å². The maximum atomic E-state index is 13.8. The summed E-state index contributed by atoms with van der Waals surface area (Å²) in [7, 11) is 0. The quantitative estimate of drug-likeness (QED) is 0.474. The molecule has 0 spiro atoms. The molecule has 7 heteroatoms. The zero-order chi connectivity index (χ0) is 21.1. The lowest BCUT2D eigenvalue weighted by Crippen LogP contribution is -2.02. The molecule has 2 aromatic carbocycles. The number of aromatic nitrogens is 1. The maximum Gasteiger partial charge on any atom is 0.278 e. The first-order valence-electron chi connectivity index (χ1n) is 9.47. The van der Waals surface area contributed by atoms with Crippen molar-refractivity contribution < 1.29 is 23.0 Å². The molecule has 0 saturated heterocycles. The van der Waals surface area contributed by atoms with Gasteiger partial charge in [0.05, 0.1) is 5.69 Å². The van der Waals surface area contributed by atoms with E-state index >= 15 is 0 Å². The van der Waals surface area contributed by atoms with E-state index in [0.29, 0.717) is 33.5 Å². The van der Waals surface area contributed by atoms with E-state index in [4.69, 9.17) is 14.9 Å². The third-order valence-electron chi connectivity index (χ3n) is 4.78. The normalized spacial score (nSPS) is 11.2. The molecule has 0 radical (unpaired) electrons. The van der Waals surface area contributed by atoms with Crippen LogP contribution in [-0.4, -0.2) is 16.7 Å². The highest BCUT2D eigenvalue weighted by molar-refractivity contribution is 5.93. The third-order valence-corrected chi connectivity index (χ3v) is 4.78. The van der Waals surface area contributed by atoms with Crippen LogP contribution in [-0.2, 0) is 19.6 Å². The minimum Gasteiger partial charge on any atom is -0.489 e. The Morgan fingerprint density at radius 1 is 1.07 bits per heavy atom.